The summed E-state index contributed by atoms with van der Waals surface area (Å²) in [6, 6.07) is -2.57. The zero-order chi connectivity index (χ0) is 35.9. The Morgan fingerprint density at radius 1 is 0.688 bits per heavy atom. The highest BCUT2D eigenvalue weighted by molar-refractivity contribution is 5.89. The van der Waals surface area contributed by atoms with Crippen molar-refractivity contribution in [2.24, 2.45) is 11.8 Å². The molecule has 1 aliphatic rings. The first-order valence-electron chi connectivity index (χ1n) is 16.0. The SMILES string of the molecule is CNC(=O)COCCOCCNC(=O)[C@H](CCC(=O)O)NC(=O)CC[C@H](NC(=O)[C@H]1CC[C@H](CNC(=O)CCCC(=O)O)CC1)C(=O)O. The van der Waals surface area contributed by atoms with Crippen LogP contribution in [0.1, 0.15) is 70.6 Å². The van der Waals surface area contributed by atoms with Gasteiger partial charge in [-0.3, -0.25) is 33.6 Å². The van der Waals surface area contributed by atoms with E-state index in [1.54, 1.807) is 0 Å². The molecule has 0 unspecified atom stereocenters. The lowest BCUT2D eigenvalue weighted by Crippen LogP contribution is -2.48. The number of nitrogens with one attached hydrogen (secondary N) is 5. The summed E-state index contributed by atoms with van der Waals surface area (Å²) in [7, 11) is 1.48. The van der Waals surface area contributed by atoms with Crippen molar-refractivity contribution in [3.05, 3.63) is 0 Å². The first kappa shape index (κ1) is 41.7. The van der Waals surface area contributed by atoms with E-state index in [1.807, 2.05) is 0 Å². The van der Waals surface area contributed by atoms with Gasteiger partial charge in [0.2, 0.25) is 29.5 Å². The summed E-state index contributed by atoms with van der Waals surface area (Å²) < 4.78 is 10.4. The summed E-state index contributed by atoms with van der Waals surface area (Å²) in [5, 5.41) is 40.0. The maximum Gasteiger partial charge on any atom is 0.326 e. The predicted molar refractivity (Wildman–Crippen MR) is 166 cm³/mol. The molecular formula is C30H49N5O13. The fourth-order valence-electron chi connectivity index (χ4n) is 4.83. The van der Waals surface area contributed by atoms with Gasteiger partial charge in [0.1, 0.15) is 18.7 Å². The summed E-state index contributed by atoms with van der Waals surface area (Å²) >= 11 is 0. The van der Waals surface area contributed by atoms with Crippen molar-refractivity contribution in [3.63, 3.8) is 0 Å². The van der Waals surface area contributed by atoms with E-state index in [-0.39, 0.29) is 89.2 Å². The van der Waals surface area contributed by atoms with Crippen molar-refractivity contribution in [3.8, 4) is 0 Å². The third kappa shape index (κ3) is 19.4. The average molecular weight is 688 g/mol. The number of amides is 5. The second-order valence-electron chi connectivity index (χ2n) is 11.4. The van der Waals surface area contributed by atoms with Gasteiger partial charge in [-0.1, -0.05) is 0 Å². The summed E-state index contributed by atoms with van der Waals surface area (Å²) in [5.74, 6) is -6.12. The Morgan fingerprint density at radius 3 is 1.96 bits per heavy atom. The summed E-state index contributed by atoms with van der Waals surface area (Å²) in [4.78, 5) is 94.5. The van der Waals surface area contributed by atoms with Crippen molar-refractivity contribution >= 4 is 47.4 Å². The fraction of sp³-hybridized carbons (Fsp3) is 0.733. The number of hydrogen-bond donors (Lipinski definition) is 8. The molecular weight excluding hydrogens is 638 g/mol. The van der Waals surface area contributed by atoms with Crippen molar-refractivity contribution in [2.75, 3.05) is 46.6 Å². The Hall–Kier alpha value is -4.32. The summed E-state index contributed by atoms with van der Waals surface area (Å²) in [6.07, 6.45) is 1.27. The van der Waals surface area contributed by atoms with E-state index in [0.29, 0.717) is 32.2 Å². The Kier molecular flexibility index (Phi) is 20.8. The van der Waals surface area contributed by atoms with E-state index in [2.05, 4.69) is 26.6 Å². The molecule has 8 N–H and O–H groups in total. The number of likely N-dealkylation sites (N-methyl/N-ethyl adjacent to an activating group) is 1. The second kappa shape index (κ2) is 23.9. The van der Waals surface area contributed by atoms with Crippen molar-refractivity contribution in [2.45, 2.75) is 82.7 Å². The molecule has 0 heterocycles. The van der Waals surface area contributed by atoms with Crippen molar-refractivity contribution in [1.29, 1.82) is 0 Å². The standard InChI is InChI=1S/C30H49N5O13/c1-31-25(38)18-48-16-15-47-14-13-32-29(44)21(10-12-27(41)42)34-24(37)11-9-22(30(45)46)35-28(43)20-7-5-19(6-8-20)17-33-23(36)3-2-4-26(39)40/h19-22H,2-18H2,1H3,(H,31,38)(H,32,44)(H,33,36)(H,34,37)(H,35,43)(H,39,40)(H,41,42)(H,45,46)/t19-,20-,21-,22-/m0/s1. The first-order valence-corrected chi connectivity index (χ1v) is 16.0. The number of carbonyl (C=O) groups excluding carboxylic acids is 5. The monoisotopic (exact) mass is 687 g/mol. The molecule has 0 aromatic heterocycles. The van der Waals surface area contributed by atoms with Crippen LogP contribution in [0.2, 0.25) is 0 Å². The molecule has 1 rings (SSSR count). The molecule has 0 aromatic carbocycles. The smallest absolute Gasteiger partial charge is 0.326 e. The number of carboxylic acid groups (broad SMARTS) is 3. The van der Waals surface area contributed by atoms with E-state index in [9.17, 15) is 43.5 Å². The molecule has 1 saturated carbocycles. The van der Waals surface area contributed by atoms with E-state index in [1.165, 1.54) is 7.05 Å². The van der Waals surface area contributed by atoms with Crippen molar-refractivity contribution < 1.29 is 63.1 Å². The van der Waals surface area contributed by atoms with E-state index < -0.39 is 60.1 Å². The molecule has 0 aliphatic heterocycles. The quantitative estimate of drug-likeness (QED) is 0.0522. The van der Waals surface area contributed by atoms with Crippen LogP contribution >= 0.6 is 0 Å². The molecule has 0 spiro atoms. The predicted octanol–water partition coefficient (Wildman–Crippen LogP) is -1.24. The van der Waals surface area contributed by atoms with Gasteiger partial charge in [0.25, 0.3) is 0 Å². The van der Waals surface area contributed by atoms with Gasteiger partial charge in [-0.05, 0) is 50.9 Å². The lowest BCUT2D eigenvalue weighted by atomic mass is 9.81. The molecule has 0 radical (unpaired) electrons. The first-order chi connectivity index (χ1) is 22.8. The Bertz CT molecular complexity index is 1100. The van der Waals surface area contributed by atoms with Gasteiger partial charge in [0, 0.05) is 51.7 Å². The van der Waals surface area contributed by atoms with E-state index in [4.69, 9.17) is 19.7 Å². The van der Waals surface area contributed by atoms with Crippen LogP contribution in [-0.2, 0) is 47.8 Å². The van der Waals surface area contributed by atoms with Gasteiger partial charge >= 0.3 is 17.9 Å². The van der Waals surface area contributed by atoms with Crippen LogP contribution in [0.3, 0.4) is 0 Å². The van der Waals surface area contributed by atoms with Crippen LogP contribution < -0.4 is 26.6 Å². The number of aliphatic carboxylic acids is 3. The zero-order valence-corrected chi connectivity index (χ0v) is 27.3. The van der Waals surface area contributed by atoms with Crippen LogP contribution in [0.5, 0.6) is 0 Å². The lowest BCUT2D eigenvalue weighted by Gasteiger charge is -2.28. The number of carbonyl (C=O) groups is 8. The maximum atomic E-state index is 12.8. The third-order valence-electron chi connectivity index (χ3n) is 7.60. The average Bonchev–Trinajstić information content (AvgIpc) is 3.04. The molecule has 0 saturated heterocycles. The van der Waals surface area contributed by atoms with Crippen LogP contribution in [0, 0.1) is 11.8 Å². The molecule has 18 heteroatoms. The minimum atomic E-state index is -1.37. The number of hydrogen-bond acceptors (Lipinski definition) is 10. The summed E-state index contributed by atoms with van der Waals surface area (Å²) in [6.45, 7) is 0.733. The Labute approximate surface area is 278 Å². The molecule has 1 aliphatic carbocycles. The third-order valence-corrected chi connectivity index (χ3v) is 7.60. The molecule has 0 bridgehead atoms. The van der Waals surface area contributed by atoms with Gasteiger partial charge in [0.05, 0.1) is 19.8 Å². The van der Waals surface area contributed by atoms with Crippen LogP contribution in [0.25, 0.3) is 0 Å². The van der Waals surface area contributed by atoms with Gasteiger partial charge < -0.3 is 51.4 Å². The second-order valence-corrected chi connectivity index (χ2v) is 11.4. The van der Waals surface area contributed by atoms with Gasteiger partial charge in [-0.15, -0.1) is 0 Å². The van der Waals surface area contributed by atoms with Gasteiger partial charge in [-0.2, -0.15) is 0 Å². The topological polar surface area (TPSA) is 276 Å². The Morgan fingerprint density at radius 2 is 1.33 bits per heavy atom. The minimum Gasteiger partial charge on any atom is -0.481 e. The molecule has 272 valence electrons. The van der Waals surface area contributed by atoms with Crippen LogP contribution in [0.4, 0.5) is 0 Å². The number of rotatable bonds is 25. The number of ether oxygens (including phenoxy) is 2. The highest BCUT2D eigenvalue weighted by Crippen LogP contribution is 2.28. The van der Waals surface area contributed by atoms with E-state index in [0.717, 1.165) is 0 Å². The molecule has 18 nitrogen and oxygen atoms in total. The zero-order valence-electron chi connectivity index (χ0n) is 27.3. The molecule has 5 amide bonds. The Balaban J connectivity index is 2.47. The highest BCUT2D eigenvalue weighted by Gasteiger charge is 2.30. The van der Waals surface area contributed by atoms with E-state index >= 15 is 0 Å². The normalized spacial score (nSPS) is 16.9. The highest BCUT2D eigenvalue weighted by atomic mass is 16.5. The fourth-order valence-corrected chi connectivity index (χ4v) is 4.83. The molecule has 48 heavy (non-hydrogen) atoms. The molecule has 2 atom stereocenters. The van der Waals surface area contributed by atoms with Gasteiger partial charge in [0.15, 0.2) is 0 Å². The molecule has 1 fully saturated rings. The minimum absolute atomic E-state index is 0.0476. The lowest BCUT2D eigenvalue weighted by molar-refractivity contribution is -0.143. The summed E-state index contributed by atoms with van der Waals surface area (Å²) in [5.41, 5.74) is 0. The largest absolute Gasteiger partial charge is 0.481 e. The van der Waals surface area contributed by atoms with Crippen LogP contribution in [0.15, 0.2) is 0 Å². The van der Waals surface area contributed by atoms with Gasteiger partial charge in [-0.25, -0.2) is 4.79 Å². The van der Waals surface area contributed by atoms with Crippen LogP contribution in [-0.4, -0.2) is 121 Å². The van der Waals surface area contributed by atoms with Crippen molar-refractivity contribution in [1.82, 2.24) is 26.6 Å². The maximum absolute atomic E-state index is 12.8. The molecule has 0 aromatic rings. The number of carboxylic acids is 3.